The standard InChI is InChI=1S/4C12H20O3.2C6H13Br.2C6H8O3.2C6H12.C4H9O.K.Na.H/c4*1-2-3-4-5-8-14-10-12-7-6-11(9-13)15-12;2*1-2-3-4-5-6-7;2*7-3-5-1-2-6(4-8)9-5;2*1-3-5-6-4-2;1-4(2,3)5;;;/h4*6-7,13H,2-5,8-10H2,1H3;2*2-6H2,1H3;2*1-2,7-8H,3-4H2;2*3H,1,4-6H2,2H3;1-3H3;;;/q;;;;;;;;;;-1;2*+1;-1. The summed E-state index contributed by atoms with van der Waals surface area (Å²) < 4.78 is 52.7. The van der Waals surface area contributed by atoms with Gasteiger partial charge in [-0.15, -0.1) is 18.8 Å². The van der Waals surface area contributed by atoms with Crippen molar-refractivity contribution in [2.45, 2.75) is 354 Å². The summed E-state index contributed by atoms with van der Waals surface area (Å²) in [6.07, 6.45) is 41.8. The molecule has 0 aliphatic carbocycles. The molecule has 0 radical (unpaired) electrons. The van der Waals surface area contributed by atoms with Gasteiger partial charge in [0.15, 0.2) is 0 Å². The Balaban J connectivity index is -0.000000180. The fraction of sp³-hybridized carbons (Fsp3) is 0.682. The van der Waals surface area contributed by atoms with Crippen LogP contribution in [0.4, 0.5) is 0 Å². The van der Waals surface area contributed by atoms with Gasteiger partial charge in [0.05, 0.1) is 0 Å². The van der Waals surface area contributed by atoms with E-state index in [1.54, 1.807) is 69.3 Å². The van der Waals surface area contributed by atoms with Crippen molar-refractivity contribution in [3.05, 3.63) is 167 Å². The molecule has 23 heteroatoms. The molecule has 0 aromatic carbocycles. The van der Waals surface area contributed by atoms with E-state index in [2.05, 4.69) is 100 Å². The Morgan fingerprint density at radius 1 is 0.306 bits per heavy atom. The number of alkyl halides is 2. The van der Waals surface area contributed by atoms with Gasteiger partial charge in [-0.05, 0) is 124 Å². The maximum Gasteiger partial charge on any atom is 1.00 e. The zero-order chi connectivity index (χ0) is 82.3. The fourth-order valence-corrected chi connectivity index (χ4v) is 9.27. The van der Waals surface area contributed by atoms with Gasteiger partial charge >= 0.3 is 80.9 Å². The van der Waals surface area contributed by atoms with E-state index >= 15 is 0 Å². The molecule has 0 spiro atoms. The van der Waals surface area contributed by atoms with Crippen molar-refractivity contribution in [2.75, 3.05) is 37.1 Å². The second-order valence-corrected chi connectivity index (χ2v) is 28.0. The summed E-state index contributed by atoms with van der Waals surface area (Å²) in [5, 5.41) is 81.5. The first-order valence-corrected chi connectivity index (χ1v) is 42.8. The van der Waals surface area contributed by atoms with Crippen LogP contribution < -0.4 is 86.0 Å². The first-order valence-electron chi connectivity index (χ1n) is 40.5. The monoisotopic (exact) mass is 1740 g/mol. The van der Waals surface area contributed by atoms with Crippen LogP contribution >= 0.6 is 31.9 Å². The molecule has 638 valence electrons. The summed E-state index contributed by atoms with van der Waals surface area (Å²) in [6, 6.07) is 21.0. The Morgan fingerprint density at radius 3 is 0.586 bits per heavy atom. The van der Waals surface area contributed by atoms with Gasteiger partial charge in [0.25, 0.3) is 0 Å². The molecule has 6 rings (SSSR count). The van der Waals surface area contributed by atoms with E-state index in [1.165, 1.54) is 178 Å². The number of halogens is 2. The van der Waals surface area contributed by atoms with Gasteiger partial charge in [-0.1, -0.05) is 261 Å². The normalized spacial score (nSPS) is 10.1. The van der Waals surface area contributed by atoms with Crippen LogP contribution in [0.3, 0.4) is 0 Å². The summed E-state index contributed by atoms with van der Waals surface area (Å²) in [5.74, 6) is 7.47. The molecule has 0 atom stereocenters. The minimum atomic E-state index is -0.750. The van der Waals surface area contributed by atoms with Gasteiger partial charge in [-0.2, -0.15) is 0 Å². The molecule has 6 heterocycles. The second kappa shape index (κ2) is 98.8. The van der Waals surface area contributed by atoms with E-state index < -0.39 is 5.60 Å². The van der Waals surface area contributed by atoms with Gasteiger partial charge in [0.1, 0.15) is 148 Å². The van der Waals surface area contributed by atoms with Crippen molar-refractivity contribution in [2.24, 2.45) is 0 Å². The smallest absolute Gasteiger partial charge is 1.00 e. The minimum Gasteiger partial charge on any atom is -1.00 e. The average molecular weight is 1740 g/mol. The van der Waals surface area contributed by atoms with Crippen molar-refractivity contribution in [3.63, 3.8) is 0 Å². The first-order chi connectivity index (χ1) is 52.8. The maximum absolute atomic E-state index is 10.1. The molecule has 0 fully saturated rings. The van der Waals surface area contributed by atoms with Gasteiger partial charge in [0, 0.05) is 37.1 Å². The quantitative estimate of drug-likeness (QED) is 0.00762. The van der Waals surface area contributed by atoms with Gasteiger partial charge < -0.3 is 92.8 Å². The van der Waals surface area contributed by atoms with E-state index in [0.717, 1.165) is 75.2 Å². The average Bonchev–Trinajstić information content (AvgIpc) is 1.77. The Bertz CT molecular complexity index is 2360. The first kappa shape index (κ1) is 122. The topological polar surface area (TPSA) is 301 Å². The number of rotatable bonds is 50. The van der Waals surface area contributed by atoms with Crippen molar-refractivity contribution in [1.29, 1.82) is 0 Å². The van der Waals surface area contributed by atoms with Crippen LogP contribution in [0.1, 0.15) is 339 Å². The van der Waals surface area contributed by atoms with Gasteiger partial charge in [0.2, 0.25) is 0 Å². The van der Waals surface area contributed by atoms with Crippen molar-refractivity contribution < 1.29 is 174 Å². The number of hydrogen-bond acceptors (Lipinski definition) is 19. The molecular formula is C88H156Br2KNaO19. The summed E-state index contributed by atoms with van der Waals surface area (Å²) >= 11 is 6.76. The molecule has 0 amide bonds. The molecule has 6 aromatic rings. The summed E-state index contributed by atoms with van der Waals surface area (Å²) in [4.78, 5) is 0. The van der Waals surface area contributed by atoms with Crippen LogP contribution in [0, 0.1) is 0 Å². The summed E-state index contributed by atoms with van der Waals surface area (Å²) in [6.45, 7) is 34.2. The number of aliphatic hydroxyl groups excluding tert-OH is 8. The Kier molecular flexibility index (Phi) is 109. The van der Waals surface area contributed by atoms with Gasteiger partial charge in [-0.3, -0.25) is 0 Å². The third kappa shape index (κ3) is 93.6. The second-order valence-electron chi connectivity index (χ2n) is 26.4. The predicted molar refractivity (Wildman–Crippen MR) is 451 cm³/mol. The summed E-state index contributed by atoms with van der Waals surface area (Å²) in [7, 11) is 0. The minimum absolute atomic E-state index is 0. The number of allylic oxidation sites excluding steroid dienone is 2. The van der Waals surface area contributed by atoms with Gasteiger partial charge in [-0.25, -0.2) is 0 Å². The predicted octanol–water partition coefficient (Wildman–Crippen LogP) is 16.9. The van der Waals surface area contributed by atoms with Crippen molar-refractivity contribution >= 4 is 31.9 Å². The molecule has 0 aliphatic heterocycles. The number of aliphatic hydroxyl groups is 8. The van der Waals surface area contributed by atoms with Crippen LogP contribution in [-0.4, -0.2) is 83.5 Å². The Labute approximate surface area is 756 Å². The molecule has 0 aliphatic rings. The molecule has 0 saturated carbocycles. The van der Waals surface area contributed by atoms with Crippen molar-refractivity contribution in [1.82, 2.24) is 0 Å². The molecule has 6 aromatic heterocycles. The molecule has 0 unspecified atom stereocenters. The van der Waals surface area contributed by atoms with Crippen LogP contribution in [-0.2, 0) is 98.2 Å². The largest absolute Gasteiger partial charge is 1.00 e. The van der Waals surface area contributed by atoms with Crippen LogP contribution in [0.2, 0.25) is 0 Å². The van der Waals surface area contributed by atoms with Crippen LogP contribution in [0.25, 0.3) is 0 Å². The van der Waals surface area contributed by atoms with E-state index in [0.29, 0.717) is 72.5 Å². The van der Waals surface area contributed by atoms with E-state index in [9.17, 15) is 5.11 Å². The molecule has 8 N–H and O–H groups in total. The zero-order valence-electron chi connectivity index (χ0n) is 72.8. The Hall–Kier alpha value is -1.76. The van der Waals surface area contributed by atoms with Crippen LogP contribution in [0.5, 0.6) is 0 Å². The number of hydrogen-bond donors (Lipinski definition) is 8. The molecule has 0 bridgehead atoms. The van der Waals surface area contributed by atoms with Crippen LogP contribution in [0.15, 0.2) is 125 Å². The third-order valence-corrected chi connectivity index (χ3v) is 15.7. The molecule has 0 saturated heterocycles. The third-order valence-electron chi connectivity index (χ3n) is 14.6. The number of furan rings is 6. The van der Waals surface area contributed by atoms with E-state index in [4.69, 9.17) is 86.3 Å². The molecular weight excluding hydrogens is 1580 g/mol. The van der Waals surface area contributed by atoms with Crippen molar-refractivity contribution in [3.8, 4) is 0 Å². The SMILES string of the molecule is C=CCCCC.C=CCCCC.CC(C)(C)[O-].CCCCCCBr.CCCCCCBr.CCCCCCOCc1ccc(CO)o1.CCCCCCOCc1ccc(CO)o1.CCCCCCOCc1ccc(CO)o1.CCCCCCOCc1ccc(CO)o1.OCc1ccc(CO)o1.OCc1ccc(CO)o1.[H-].[K+].[Na+]. The van der Waals surface area contributed by atoms with E-state index in [-0.39, 0.29) is 135 Å². The maximum atomic E-state index is 10.1. The number of unbranched alkanes of at least 4 members (excludes halogenated alkanes) is 22. The molecule has 111 heavy (non-hydrogen) atoms. The van der Waals surface area contributed by atoms with E-state index in [1.807, 2.05) is 36.4 Å². The zero-order valence-corrected chi connectivity index (χ0v) is 80.1. The Morgan fingerprint density at radius 2 is 0.459 bits per heavy atom. The molecule has 19 nitrogen and oxygen atoms in total. The summed E-state index contributed by atoms with van der Waals surface area (Å²) in [5.41, 5.74) is -0.750. The number of ether oxygens (including phenoxy) is 4. The fourth-order valence-electron chi connectivity index (χ4n) is 8.48.